The van der Waals surface area contributed by atoms with Gasteiger partial charge in [0.2, 0.25) is 0 Å². The van der Waals surface area contributed by atoms with Crippen molar-refractivity contribution in [3.05, 3.63) is 0 Å². The van der Waals surface area contributed by atoms with Crippen molar-refractivity contribution in [1.82, 2.24) is 4.90 Å². The van der Waals surface area contributed by atoms with E-state index >= 15 is 0 Å². The van der Waals surface area contributed by atoms with Gasteiger partial charge in [-0.1, -0.05) is 0 Å². The van der Waals surface area contributed by atoms with Gasteiger partial charge in [-0.3, -0.25) is 9.69 Å². The van der Waals surface area contributed by atoms with Crippen LogP contribution >= 0.6 is 0 Å². The molecule has 2 atom stereocenters. The van der Waals surface area contributed by atoms with Crippen LogP contribution in [0.2, 0.25) is 0 Å². The van der Waals surface area contributed by atoms with Crippen molar-refractivity contribution >= 4 is 5.97 Å². The van der Waals surface area contributed by atoms with E-state index in [-0.39, 0.29) is 24.2 Å². The first kappa shape index (κ1) is 12.4. The minimum absolute atomic E-state index is 0.0366. The zero-order chi connectivity index (χ0) is 11.5. The maximum absolute atomic E-state index is 11.5. The Hall–Kier alpha value is -0.650. The zero-order valence-electron chi connectivity index (χ0n) is 9.52. The summed E-state index contributed by atoms with van der Waals surface area (Å²) in [6, 6.07) is -0.191. The molecule has 1 unspecified atom stereocenters. The van der Waals surface area contributed by atoms with Crippen molar-refractivity contribution in [2.24, 2.45) is 0 Å². The van der Waals surface area contributed by atoms with E-state index in [0.29, 0.717) is 19.8 Å². The van der Waals surface area contributed by atoms with Crippen LogP contribution in [0.15, 0.2) is 0 Å². The molecule has 0 aromatic rings. The predicted molar refractivity (Wildman–Crippen MR) is 54.5 cm³/mol. The van der Waals surface area contributed by atoms with Crippen molar-refractivity contribution in [3.8, 4) is 0 Å². The summed E-state index contributed by atoms with van der Waals surface area (Å²) >= 11 is 0. The zero-order valence-corrected chi connectivity index (χ0v) is 9.52. The smallest absolute Gasteiger partial charge is 0.324 e. The number of carbonyl (C=O) groups excluding carboxylic acids is 1. The van der Waals surface area contributed by atoms with Gasteiger partial charge in [-0.15, -0.1) is 0 Å². The van der Waals surface area contributed by atoms with Gasteiger partial charge in [-0.25, -0.2) is 0 Å². The van der Waals surface area contributed by atoms with E-state index in [1.165, 1.54) is 0 Å². The van der Waals surface area contributed by atoms with E-state index < -0.39 is 0 Å². The number of carbonyl (C=O) groups is 1. The minimum atomic E-state index is -0.342. The van der Waals surface area contributed by atoms with Crippen LogP contribution in [-0.4, -0.2) is 61.0 Å². The van der Waals surface area contributed by atoms with Crippen LogP contribution in [0.3, 0.4) is 0 Å². The second kappa shape index (κ2) is 4.92. The molecule has 88 valence electrons. The predicted octanol–water partition coefficient (Wildman–Crippen LogP) is -0.369. The highest BCUT2D eigenvalue weighted by molar-refractivity contribution is 5.79. The van der Waals surface area contributed by atoms with Crippen LogP contribution in [0.25, 0.3) is 0 Å². The number of methoxy groups -OCH3 is 1. The van der Waals surface area contributed by atoms with E-state index in [0.717, 1.165) is 0 Å². The van der Waals surface area contributed by atoms with Crippen LogP contribution in [0.1, 0.15) is 13.8 Å². The van der Waals surface area contributed by atoms with Gasteiger partial charge in [0.15, 0.2) is 0 Å². The lowest BCUT2D eigenvalue weighted by Crippen LogP contribution is -2.37. The number of ether oxygens (including phenoxy) is 2. The monoisotopic (exact) mass is 217 g/mol. The fourth-order valence-corrected chi connectivity index (χ4v) is 1.42. The Kier molecular flexibility index (Phi) is 4.07. The van der Waals surface area contributed by atoms with Crippen molar-refractivity contribution in [2.75, 3.05) is 33.5 Å². The number of aliphatic hydroxyl groups excluding tert-OH is 1. The molecule has 15 heavy (non-hydrogen) atoms. The molecule has 0 radical (unpaired) electrons. The Bertz CT molecular complexity index is 229. The number of hydrogen-bond donors (Lipinski definition) is 1. The van der Waals surface area contributed by atoms with Gasteiger partial charge in [-0.2, -0.15) is 0 Å². The van der Waals surface area contributed by atoms with Gasteiger partial charge < -0.3 is 14.6 Å². The summed E-state index contributed by atoms with van der Waals surface area (Å²) in [6.45, 7) is 5.21. The van der Waals surface area contributed by atoms with Crippen molar-refractivity contribution < 1.29 is 19.4 Å². The summed E-state index contributed by atoms with van der Waals surface area (Å²) in [5.74, 6) is -0.228. The Morgan fingerprint density at radius 2 is 2.20 bits per heavy atom. The molecular formula is C10H19NO4. The second-order valence-electron chi connectivity index (χ2n) is 4.30. The van der Waals surface area contributed by atoms with Crippen molar-refractivity contribution in [3.63, 3.8) is 0 Å². The van der Waals surface area contributed by atoms with E-state index in [1.807, 2.05) is 18.7 Å². The van der Waals surface area contributed by atoms with E-state index in [1.54, 1.807) is 7.11 Å². The lowest BCUT2D eigenvalue weighted by Gasteiger charge is -2.23. The van der Waals surface area contributed by atoms with Gasteiger partial charge >= 0.3 is 5.97 Å². The van der Waals surface area contributed by atoms with E-state index in [4.69, 9.17) is 14.6 Å². The van der Waals surface area contributed by atoms with Gasteiger partial charge in [0.25, 0.3) is 0 Å². The quantitative estimate of drug-likeness (QED) is 0.374. The first-order chi connectivity index (χ1) is 7.03. The fraction of sp³-hybridized carbons (Fsp3) is 0.900. The summed E-state index contributed by atoms with van der Waals surface area (Å²) in [6.07, 6.45) is 0. The minimum Gasteiger partial charge on any atom is -0.462 e. The molecule has 0 amide bonds. The molecule has 0 bridgehead atoms. The molecule has 1 saturated heterocycles. The first-order valence-corrected chi connectivity index (χ1v) is 5.06. The molecule has 1 rings (SSSR count). The number of aliphatic hydroxyl groups is 1. The first-order valence-electron chi connectivity index (χ1n) is 5.06. The summed E-state index contributed by atoms with van der Waals surface area (Å²) in [7, 11) is 1.56. The third kappa shape index (κ3) is 3.15. The molecule has 1 fully saturated rings. The van der Waals surface area contributed by atoms with Crippen LogP contribution in [0.5, 0.6) is 0 Å². The Morgan fingerprint density at radius 3 is 2.73 bits per heavy atom. The van der Waals surface area contributed by atoms with Crippen LogP contribution in [0, 0.1) is 0 Å². The van der Waals surface area contributed by atoms with Gasteiger partial charge in [0.05, 0.1) is 13.2 Å². The van der Waals surface area contributed by atoms with Gasteiger partial charge in [-0.05, 0) is 13.8 Å². The largest absolute Gasteiger partial charge is 0.462 e. The molecule has 1 aliphatic heterocycles. The highest BCUT2D eigenvalue weighted by atomic mass is 16.6. The number of nitrogens with zero attached hydrogens (tertiary/aromatic N) is 1. The molecule has 0 aromatic carbocycles. The Labute approximate surface area is 90.0 Å². The van der Waals surface area contributed by atoms with Crippen LogP contribution < -0.4 is 0 Å². The average molecular weight is 217 g/mol. The van der Waals surface area contributed by atoms with Crippen molar-refractivity contribution in [1.29, 1.82) is 0 Å². The van der Waals surface area contributed by atoms with E-state index in [2.05, 4.69) is 0 Å². The fourth-order valence-electron chi connectivity index (χ4n) is 1.42. The summed E-state index contributed by atoms with van der Waals surface area (Å²) in [4.78, 5) is 13.4. The molecule has 0 spiro atoms. The molecule has 5 heteroatoms. The number of rotatable bonds is 6. The molecule has 0 aliphatic carbocycles. The Balaban J connectivity index is 2.28. The molecular weight excluding hydrogens is 198 g/mol. The highest BCUT2D eigenvalue weighted by Crippen LogP contribution is 2.29. The highest BCUT2D eigenvalue weighted by Gasteiger charge is 2.49. The maximum Gasteiger partial charge on any atom is 0.324 e. The lowest BCUT2D eigenvalue weighted by molar-refractivity contribution is -0.145. The van der Waals surface area contributed by atoms with Crippen LogP contribution in [0.4, 0.5) is 0 Å². The number of esters is 1. The summed E-state index contributed by atoms with van der Waals surface area (Å²) in [5, 5.41) is 9.10. The third-order valence-corrected chi connectivity index (χ3v) is 2.58. The average Bonchev–Trinajstić information content (AvgIpc) is 2.98. The molecule has 5 nitrogen and oxygen atoms in total. The van der Waals surface area contributed by atoms with Gasteiger partial charge in [0.1, 0.15) is 12.6 Å². The summed E-state index contributed by atoms with van der Waals surface area (Å²) in [5.41, 5.74) is -0.342. The third-order valence-electron chi connectivity index (χ3n) is 2.58. The molecule has 0 aromatic heterocycles. The topological polar surface area (TPSA) is 58.8 Å². The lowest BCUT2D eigenvalue weighted by atomic mass is 10.1. The molecule has 1 N–H and O–H groups in total. The van der Waals surface area contributed by atoms with Crippen molar-refractivity contribution in [2.45, 2.75) is 25.4 Å². The summed E-state index contributed by atoms with van der Waals surface area (Å²) < 4.78 is 9.77. The SMILES string of the molecule is COCCOC(=O)[C@H]1CN1C(C)(C)CO. The standard InChI is InChI=1S/C10H19NO4/c1-10(2,7-12)11-6-8(11)9(13)15-5-4-14-3/h8,12H,4-7H2,1-3H3/t8-,11?/m1/s1. The van der Waals surface area contributed by atoms with Crippen LogP contribution in [-0.2, 0) is 14.3 Å². The molecule has 0 saturated carbocycles. The molecule has 1 aliphatic rings. The van der Waals surface area contributed by atoms with E-state index in [9.17, 15) is 4.79 Å². The van der Waals surface area contributed by atoms with Gasteiger partial charge in [0, 0.05) is 19.2 Å². The maximum atomic E-state index is 11.5. The number of hydrogen-bond acceptors (Lipinski definition) is 5. The molecule has 1 heterocycles. The Morgan fingerprint density at radius 1 is 1.53 bits per heavy atom. The normalized spacial score (nSPS) is 25.1. The second-order valence-corrected chi connectivity index (χ2v) is 4.30.